The lowest BCUT2D eigenvalue weighted by Gasteiger charge is -2.14. The van der Waals surface area contributed by atoms with Gasteiger partial charge in [0.15, 0.2) is 5.69 Å². The summed E-state index contributed by atoms with van der Waals surface area (Å²) in [6.07, 6.45) is -4.57. The Balaban J connectivity index is 2.34. The molecule has 0 fully saturated rings. The lowest BCUT2D eigenvalue weighted by molar-refractivity contribution is -0.141. The third-order valence-corrected chi connectivity index (χ3v) is 3.53. The van der Waals surface area contributed by atoms with Crippen LogP contribution in [0.15, 0.2) is 36.6 Å². The Morgan fingerprint density at radius 2 is 1.93 bits per heavy atom. The molecular formula is C19H19F3N2O5. The van der Waals surface area contributed by atoms with E-state index in [4.69, 9.17) is 9.47 Å². The largest absolute Gasteiger partial charge is 0.515 e. The number of aliphatic hydroxyl groups excluding tert-OH is 1. The van der Waals surface area contributed by atoms with Gasteiger partial charge in [-0.25, -0.2) is 4.79 Å². The van der Waals surface area contributed by atoms with Crippen molar-refractivity contribution in [3.05, 3.63) is 53.4 Å². The molecule has 2 rings (SSSR count). The summed E-state index contributed by atoms with van der Waals surface area (Å²) in [5.74, 6) is -1.14. The lowest BCUT2D eigenvalue weighted by Crippen LogP contribution is -2.14. The summed E-state index contributed by atoms with van der Waals surface area (Å²) in [6, 6.07) is 6.56. The fraction of sp³-hybridized carbons (Fsp3) is 0.316. The quantitative estimate of drug-likeness (QED) is 0.419. The Kier molecular flexibility index (Phi) is 7.03. The molecule has 1 heterocycles. The molecule has 1 aromatic heterocycles. The smallest absolute Gasteiger partial charge is 0.433 e. The summed E-state index contributed by atoms with van der Waals surface area (Å²) in [7, 11) is 1.15. The number of esters is 1. The molecule has 0 saturated heterocycles. The predicted molar refractivity (Wildman–Crippen MR) is 96.2 cm³/mol. The number of hydrogen-bond donors (Lipinski definition) is 1. The molecule has 0 spiro atoms. The number of ether oxygens (including phenoxy) is 3. The topological polar surface area (TPSA) is 90.8 Å². The molecule has 0 radical (unpaired) electrons. The van der Waals surface area contributed by atoms with Gasteiger partial charge < -0.3 is 19.3 Å². The first kappa shape index (κ1) is 22.0. The van der Waals surface area contributed by atoms with Crippen molar-refractivity contribution in [2.45, 2.75) is 32.7 Å². The zero-order valence-electron chi connectivity index (χ0n) is 15.9. The number of nitrogens with zero attached hydrogens (tertiary/aromatic N) is 2. The number of methoxy groups -OCH3 is 1. The highest BCUT2D eigenvalue weighted by atomic mass is 19.4. The minimum Gasteiger partial charge on any atom is -0.515 e. The van der Waals surface area contributed by atoms with Crippen molar-refractivity contribution >= 4 is 11.5 Å². The number of aromatic nitrogens is 2. The van der Waals surface area contributed by atoms with E-state index in [1.165, 1.54) is 6.07 Å². The number of carbonyl (C=O) groups excluding carboxylic acids is 1. The second-order valence-corrected chi connectivity index (χ2v) is 6.02. The fourth-order valence-corrected chi connectivity index (χ4v) is 2.29. The summed E-state index contributed by atoms with van der Waals surface area (Å²) in [5.41, 5.74) is -0.631. The van der Waals surface area contributed by atoms with Gasteiger partial charge in [0.2, 0.25) is 5.88 Å². The van der Waals surface area contributed by atoms with Gasteiger partial charge in [0.25, 0.3) is 0 Å². The maximum absolute atomic E-state index is 13.1. The molecule has 0 aliphatic carbocycles. The van der Waals surface area contributed by atoms with Gasteiger partial charge in [-0.1, -0.05) is 24.3 Å². The monoisotopic (exact) mass is 412 g/mol. The van der Waals surface area contributed by atoms with Crippen LogP contribution in [0.3, 0.4) is 0 Å². The summed E-state index contributed by atoms with van der Waals surface area (Å²) in [6.45, 7) is 3.01. The predicted octanol–water partition coefficient (Wildman–Crippen LogP) is 3.93. The molecule has 0 bridgehead atoms. The second kappa shape index (κ2) is 9.26. The van der Waals surface area contributed by atoms with E-state index in [1.54, 1.807) is 32.0 Å². The molecule has 10 heteroatoms. The first-order chi connectivity index (χ1) is 13.7. The molecule has 0 aliphatic heterocycles. The van der Waals surface area contributed by atoms with Crippen LogP contribution in [0.2, 0.25) is 0 Å². The van der Waals surface area contributed by atoms with Crippen LogP contribution in [-0.2, 0) is 22.3 Å². The number of carbonyl (C=O) groups is 1. The Morgan fingerprint density at radius 3 is 2.52 bits per heavy atom. The van der Waals surface area contributed by atoms with Gasteiger partial charge >= 0.3 is 18.2 Å². The van der Waals surface area contributed by atoms with E-state index in [1.807, 2.05) is 0 Å². The summed E-state index contributed by atoms with van der Waals surface area (Å²) < 4.78 is 54.5. The molecule has 0 amide bonds. The van der Waals surface area contributed by atoms with E-state index in [-0.39, 0.29) is 18.1 Å². The number of benzene rings is 1. The highest BCUT2D eigenvalue weighted by molar-refractivity contribution is 6.16. The number of aliphatic hydroxyl groups is 1. The van der Waals surface area contributed by atoms with E-state index < -0.39 is 30.0 Å². The van der Waals surface area contributed by atoms with E-state index in [0.717, 1.165) is 7.11 Å². The third kappa shape index (κ3) is 5.84. The SMILES string of the molecule is COC(=O)/C(=C\O)c1ccccc1COc1cc(C(F)(F)F)nc(OC(C)C)n1. The number of alkyl halides is 3. The van der Waals surface area contributed by atoms with Crippen molar-refractivity contribution in [1.82, 2.24) is 9.97 Å². The van der Waals surface area contributed by atoms with E-state index in [2.05, 4.69) is 14.7 Å². The molecule has 0 unspecified atom stereocenters. The Hall–Kier alpha value is -3.30. The van der Waals surface area contributed by atoms with Gasteiger partial charge in [-0.05, 0) is 25.0 Å². The Labute approximate surface area is 164 Å². The standard InChI is InChI=1S/C19H19F3N2O5/c1-11(2)29-18-23-15(19(20,21)22)8-16(24-18)28-10-12-6-4-5-7-13(12)14(9-25)17(26)27-3/h4-9,11,25H,10H2,1-3H3/b14-9-. The van der Waals surface area contributed by atoms with Gasteiger partial charge in [-0.15, -0.1) is 0 Å². The van der Waals surface area contributed by atoms with E-state index in [0.29, 0.717) is 23.5 Å². The number of hydrogen-bond acceptors (Lipinski definition) is 7. The molecule has 7 nitrogen and oxygen atoms in total. The first-order valence-corrected chi connectivity index (χ1v) is 8.42. The van der Waals surface area contributed by atoms with Crippen LogP contribution in [-0.4, -0.2) is 34.3 Å². The molecule has 0 aliphatic rings. The minimum absolute atomic E-state index is 0.130. The van der Waals surface area contributed by atoms with Gasteiger partial charge in [0.05, 0.1) is 19.5 Å². The van der Waals surface area contributed by atoms with Crippen LogP contribution in [0.25, 0.3) is 5.57 Å². The van der Waals surface area contributed by atoms with Crippen LogP contribution in [0, 0.1) is 0 Å². The van der Waals surface area contributed by atoms with Crippen LogP contribution in [0.4, 0.5) is 13.2 Å². The van der Waals surface area contributed by atoms with Crippen LogP contribution in [0.1, 0.15) is 30.7 Å². The van der Waals surface area contributed by atoms with Crippen LogP contribution in [0.5, 0.6) is 11.9 Å². The molecule has 29 heavy (non-hydrogen) atoms. The zero-order chi connectivity index (χ0) is 21.6. The summed E-state index contributed by atoms with van der Waals surface area (Å²) >= 11 is 0. The first-order valence-electron chi connectivity index (χ1n) is 8.42. The van der Waals surface area contributed by atoms with Crippen molar-refractivity contribution in [2.24, 2.45) is 0 Å². The van der Waals surface area contributed by atoms with Crippen molar-refractivity contribution in [3.8, 4) is 11.9 Å². The molecule has 1 aromatic carbocycles. The molecule has 1 N–H and O–H groups in total. The highest BCUT2D eigenvalue weighted by Gasteiger charge is 2.34. The van der Waals surface area contributed by atoms with Crippen LogP contribution < -0.4 is 9.47 Å². The highest BCUT2D eigenvalue weighted by Crippen LogP contribution is 2.31. The molecule has 0 saturated carbocycles. The number of rotatable bonds is 7. The van der Waals surface area contributed by atoms with Gasteiger partial charge in [0, 0.05) is 6.07 Å². The third-order valence-electron chi connectivity index (χ3n) is 3.53. The Bertz CT molecular complexity index is 898. The van der Waals surface area contributed by atoms with Crippen molar-refractivity contribution in [1.29, 1.82) is 0 Å². The molecule has 156 valence electrons. The fourth-order valence-electron chi connectivity index (χ4n) is 2.29. The summed E-state index contributed by atoms with van der Waals surface area (Å²) in [4.78, 5) is 19.0. The average molecular weight is 412 g/mol. The lowest BCUT2D eigenvalue weighted by atomic mass is 10.0. The zero-order valence-corrected chi connectivity index (χ0v) is 15.9. The normalized spacial score (nSPS) is 12.0. The molecule has 2 aromatic rings. The second-order valence-electron chi connectivity index (χ2n) is 6.02. The van der Waals surface area contributed by atoms with Crippen molar-refractivity contribution < 1.29 is 37.3 Å². The number of halogens is 3. The van der Waals surface area contributed by atoms with Crippen LogP contribution >= 0.6 is 0 Å². The summed E-state index contributed by atoms with van der Waals surface area (Å²) in [5, 5.41) is 9.37. The van der Waals surface area contributed by atoms with Gasteiger partial charge in [-0.3, -0.25) is 0 Å². The van der Waals surface area contributed by atoms with Crippen molar-refractivity contribution in [2.75, 3.05) is 7.11 Å². The van der Waals surface area contributed by atoms with Crippen molar-refractivity contribution in [3.63, 3.8) is 0 Å². The Morgan fingerprint density at radius 1 is 1.24 bits per heavy atom. The van der Waals surface area contributed by atoms with Gasteiger partial charge in [-0.2, -0.15) is 23.1 Å². The van der Waals surface area contributed by atoms with Gasteiger partial charge in [0.1, 0.15) is 12.2 Å². The minimum atomic E-state index is -4.72. The van der Waals surface area contributed by atoms with E-state index in [9.17, 15) is 23.1 Å². The molecule has 0 atom stereocenters. The average Bonchev–Trinajstić information content (AvgIpc) is 2.66. The maximum Gasteiger partial charge on any atom is 0.433 e. The molecular weight excluding hydrogens is 393 g/mol. The maximum atomic E-state index is 13.1. The van der Waals surface area contributed by atoms with E-state index >= 15 is 0 Å².